The maximum Gasteiger partial charge on any atom is 0.397 e. The molecule has 0 saturated heterocycles. The third-order valence-electron chi connectivity index (χ3n) is 0.266. The lowest BCUT2D eigenvalue weighted by Crippen LogP contribution is -2.11. The lowest BCUT2D eigenvalue weighted by Gasteiger charge is -1.84. The molecule has 0 atom stereocenters. The van der Waals surface area contributed by atoms with Crippen molar-refractivity contribution in [3.63, 3.8) is 0 Å². The van der Waals surface area contributed by atoms with Gasteiger partial charge in [0.1, 0.15) is 0 Å². The molecule has 0 saturated carbocycles. The highest BCUT2D eigenvalue weighted by Gasteiger charge is 2.22. The van der Waals surface area contributed by atoms with E-state index in [1.165, 1.54) is 0 Å². The fourth-order valence-corrected chi connectivity index (χ4v) is 0. The van der Waals surface area contributed by atoms with Crippen molar-refractivity contribution in [2.75, 3.05) is 0 Å². The van der Waals surface area contributed by atoms with E-state index in [1.807, 2.05) is 0 Å². The van der Waals surface area contributed by atoms with Crippen LogP contribution in [0.5, 0.6) is 0 Å². The van der Waals surface area contributed by atoms with Gasteiger partial charge in [-0.15, -0.1) is 0 Å². The van der Waals surface area contributed by atoms with Gasteiger partial charge in [-0.1, -0.05) is 0 Å². The van der Waals surface area contributed by atoms with Crippen molar-refractivity contribution in [2.24, 2.45) is 0 Å². The zero-order valence-corrected chi connectivity index (χ0v) is 4.98. The monoisotopic (exact) mass is 162 g/mol. The summed E-state index contributed by atoms with van der Waals surface area (Å²) in [4.78, 5) is 0. The van der Waals surface area contributed by atoms with E-state index in [4.69, 9.17) is 9.11 Å². The Morgan fingerprint density at radius 1 is 0.750 bits per heavy atom. The van der Waals surface area contributed by atoms with E-state index in [0.29, 0.717) is 0 Å². The maximum absolute atomic E-state index is 9.37. The van der Waals surface area contributed by atoms with E-state index in [9.17, 15) is 16.8 Å². The molecule has 6 nitrogen and oxygen atoms in total. The second-order valence-corrected chi connectivity index (χ2v) is 5.09. The van der Waals surface area contributed by atoms with Crippen molar-refractivity contribution in [3.8, 4) is 0 Å². The van der Waals surface area contributed by atoms with Crippen LogP contribution in [0.1, 0.15) is 0 Å². The Morgan fingerprint density at radius 2 is 0.875 bits per heavy atom. The first-order valence-corrected chi connectivity index (χ1v) is 4.60. The van der Waals surface area contributed by atoms with Gasteiger partial charge < -0.3 is 0 Å². The zero-order chi connectivity index (χ0) is 7.00. The minimum Gasteiger partial charge on any atom is -0.272 e. The van der Waals surface area contributed by atoms with Crippen molar-refractivity contribution in [2.45, 2.75) is 0 Å². The smallest absolute Gasteiger partial charge is 0.272 e. The van der Waals surface area contributed by atoms with Gasteiger partial charge >= 0.3 is 18.3 Å². The van der Waals surface area contributed by atoms with Crippen molar-refractivity contribution < 1.29 is 25.9 Å². The summed E-state index contributed by atoms with van der Waals surface area (Å²) in [5, 5.41) is 0. The van der Waals surface area contributed by atoms with Crippen molar-refractivity contribution in [1.29, 1.82) is 0 Å². The molecule has 0 aromatic rings. The fourth-order valence-electron chi connectivity index (χ4n) is 0. The third kappa shape index (κ3) is 1.74. The minimum atomic E-state index is -5.31. The molecule has 0 spiro atoms. The number of rotatable bonds is 1. The van der Waals surface area contributed by atoms with Crippen LogP contribution in [-0.2, 0) is 18.3 Å². The van der Waals surface area contributed by atoms with Gasteiger partial charge in [0, 0.05) is 0 Å². The minimum absolute atomic E-state index is 5.31. The van der Waals surface area contributed by atoms with E-state index < -0.39 is 18.3 Å². The van der Waals surface area contributed by atoms with E-state index in [2.05, 4.69) is 0 Å². The molecule has 8 heteroatoms. The van der Waals surface area contributed by atoms with Crippen LogP contribution < -0.4 is 0 Å². The molecule has 0 fully saturated rings. The van der Waals surface area contributed by atoms with Crippen LogP contribution in [0, 0.1) is 0 Å². The lowest BCUT2D eigenvalue weighted by molar-refractivity contribution is 0.460. The molecule has 0 aliphatic carbocycles. The van der Waals surface area contributed by atoms with Gasteiger partial charge in [-0.3, -0.25) is 9.11 Å². The Hall–Kier alpha value is -0.180. The quantitative estimate of drug-likeness (QED) is 0.365. The number of hydrogen-bond acceptors (Lipinski definition) is 4. The molecule has 0 rings (SSSR count). The largest absolute Gasteiger partial charge is 0.397 e. The van der Waals surface area contributed by atoms with Crippen LogP contribution in [0.3, 0.4) is 0 Å². The Balaban J connectivity index is 5.18. The molecule has 0 amide bonds. The highest BCUT2D eigenvalue weighted by atomic mass is 33.2. The molecule has 0 unspecified atom stereocenters. The van der Waals surface area contributed by atoms with Crippen molar-refractivity contribution in [3.05, 3.63) is 0 Å². The van der Waals surface area contributed by atoms with Gasteiger partial charge in [0.25, 0.3) is 0 Å². The molecule has 2 N–H and O–H groups in total. The first-order chi connectivity index (χ1) is 3.25. The topological polar surface area (TPSA) is 109 Å². The second-order valence-electron chi connectivity index (χ2n) is 0.855. The third-order valence-corrected chi connectivity index (χ3v) is 2.40. The van der Waals surface area contributed by atoms with Gasteiger partial charge in [0.15, 0.2) is 0 Å². The summed E-state index contributed by atoms with van der Waals surface area (Å²) < 4.78 is 52.5. The highest BCUT2D eigenvalue weighted by molar-refractivity contribution is 8.62. The molecule has 0 aliphatic heterocycles. The first kappa shape index (κ1) is 7.82. The molecular weight excluding hydrogens is 160 g/mol. The predicted octanol–water partition coefficient (Wildman–Crippen LogP) is -1.32. The maximum atomic E-state index is 9.37. The molecule has 0 aliphatic rings. The Morgan fingerprint density at radius 3 is 0.875 bits per heavy atom. The summed E-state index contributed by atoms with van der Waals surface area (Å²) in [6.45, 7) is 0. The summed E-state index contributed by atoms with van der Waals surface area (Å²) in [5.74, 6) is 0. The van der Waals surface area contributed by atoms with Crippen LogP contribution in [0.25, 0.3) is 0 Å². The molecule has 0 heterocycles. The van der Waals surface area contributed by atoms with Crippen molar-refractivity contribution >= 4 is 18.3 Å². The van der Waals surface area contributed by atoms with Crippen molar-refractivity contribution in [1.82, 2.24) is 0 Å². The summed E-state index contributed by atoms with van der Waals surface area (Å²) >= 11 is 0. The molecule has 0 radical (unpaired) electrons. The Labute approximate surface area is 45.0 Å². The standard InChI is InChI=1S/H2O6S2/c1-7(2,3)8(4,5)6/h(H,1,2,3)(H,4,5,6). The van der Waals surface area contributed by atoms with Crippen LogP contribution in [-0.4, -0.2) is 25.9 Å². The SMILES string of the molecule is O=S(=O)(O)S(=O)(=O)O. The van der Waals surface area contributed by atoms with Gasteiger partial charge in [-0.2, -0.15) is 16.8 Å². The van der Waals surface area contributed by atoms with Crippen LogP contribution in [0.2, 0.25) is 0 Å². The zero-order valence-electron chi connectivity index (χ0n) is 3.34. The van der Waals surface area contributed by atoms with Gasteiger partial charge in [-0.25, -0.2) is 0 Å². The molecule has 0 aromatic carbocycles. The molecule has 8 heavy (non-hydrogen) atoms. The van der Waals surface area contributed by atoms with Gasteiger partial charge in [0.05, 0.1) is 0 Å². The van der Waals surface area contributed by atoms with E-state index >= 15 is 0 Å². The Kier molecular flexibility index (Phi) is 1.62. The van der Waals surface area contributed by atoms with E-state index in [-0.39, 0.29) is 0 Å². The molecule has 0 aromatic heterocycles. The van der Waals surface area contributed by atoms with Gasteiger partial charge in [-0.05, 0) is 0 Å². The summed E-state index contributed by atoms with van der Waals surface area (Å²) in [7, 11) is -10.6. The molecule has 50 valence electrons. The summed E-state index contributed by atoms with van der Waals surface area (Å²) in [6.07, 6.45) is 0. The van der Waals surface area contributed by atoms with E-state index in [0.717, 1.165) is 0 Å². The van der Waals surface area contributed by atoms with Gasteiger partial charge in [0.2, 0.25) is 0 Å². The average molecular weight is 162 g/mol. The summed E-state index contributed by atoms with van der Waals surface area (Å²) in [5.41, 5.74) is 0. The second kappa shape index (κ2) is 1.65. The Bertz CT molecular complexity index is 219. The van der Waals surface area contributed by atoms with Crippen LogP contribution in [0.15, 0.2) is 0 Å². The highest BCUT2D eigenvalue weighted by Crippen LogP contribution is 1.90. The number of hydrogen-bond donors (Lipinski definition) is 2. The summed E-state index contributed by atoms with van der Waals surface area (Å²) in [6, 6.07) is 0. The lowest BCUT2D eigenvalue weighted by atomic mass is 15.9. The fraction of sp³-hybridized carbons (Fsp3) is 0. The van der Waals surface area contributed by atoms with Crippen LogP contribution >= 0.6 is 0 Å². The first-order valence-electron chi connectivity index (χ1n) is 1.20. The normalized spacial score (nSPS) is 13.8. The average Bonchev–Trinajstić information content (AvgIpc) is 1.25. The van der Waals surface area contributed by atoms with Crippen LogP contribution in [0.4, 0.5) is 0 Å². The van der Waals surface area contributed by atoms with E-state index in [1.54, 1.807) is 0 Å². The molecule has 0 bridgehead atoms. The molecular formula is H2O6S2. The predicted molar refractivity (Wildman–Crippen MR) is 23.1 cm³/mol.